The molecule has 7 nitrogen and oxygen atoms in total. The van der Waals surface area contributed by atoms with Crippen molar-refractivity contribution >= 4 is 28.4 Å². The molecule has 0 radical (unpaired) electrons. The molecule has 0 spiro atoms. The van der Waals surface area contributed by atoms with Crippen LogP contribution in [0.1, 0.15) is 41.9 Å². The van der Waals surface area contributed by atoms with E-state index in [-0.39, 0.29) is 29.8 Å². The van der Waals surface area contributed by atoms with Gasteiger partial charge in [-0.2, -0.15) is 0 Å². The minimum atomic E-state index is -0.181. The van der Waals surface area contributed by atoms with Crippen LogP contribution in [0.25, 0.3) is 10.9 Å². The number of aromatic amines is 1. The van der Waals surface area contributed by atoms with Crippen LogP contribution in [0.15, 0.2) is 53.3 Å². The third-order valence-corrected chi connectivity index (χ3v) is 4.84. The van der Waals surface area contributed by atoms with Gasteiger partial charge in [0.25, 0.3) is 11.5 Å². The first-order valence-electron chi connectivity index (χ1n) is 9.78. The Morgan fingerprint density at radius 1 is 1.07 bits per heavy atom. The summed E-state index contributed by atoms with van der Waals surface area (Å²) in [4.78, 5) is 44.0. The lowest BCUT2D eigenvalue weighted by atomic mass is 10.1. The average Bonchev–Trinajstić information content (AvgIpc) is 3.52. The molecule has 3 N–H and O–H groups in total. The largest absolute Gasteiger partial charge is 0.349 e. The monoisotopic (exact) mass is 390 g/mol. The summed E-state index contributed by atoms with van der Waals surface area (Å²) in [6.07, 6.45) is 3.28. The summed E-state index contributed by atoms with van der Waals surface area (Å²) in [5.74, 6) is 0.215. The number of H-pyrrole nitrogens is 1. The standard InChI is InChI=1S/C22H22N4O3/c27-20(25-18-9-4-2-7-16(18)21(28)23-14-12-13-14)11-5-10-19-24-17-8-3-1-6-15(17)22(29)26-19/h1-4,6-9,14H,5,10-13H2,(H,23,28)(H,25,27)(H,24,26,29). The van der Waals surface area contributed by atoms with E-state index in [0.29, 0.717) is 40.8 Å². The highest BCUT2D eigenvalue weighted by Gasteiger charge is 2.25. The summed E-state index contributed by atoms with van der Waals surface area (Å²) < 4.78 is 0. The number of hydrogen-bond donors (Lipinski definition) is 3. The van der Waals surface area contributed by atoms with E-state index in [1.54, 1.807) is 42.5 Å². The van der Waals surface area contributed by atoms with Crippen LogP contribution >= 0.6 is 0 Å². The van der Waals surface area contributed by atoms with Crippen LogP contribution < -0.4 is 16.2 Å². The Kier molecular flexibility index (Phi) is 5.37. The fourth-order valence-corrected chi connectivity index (χ4v) is 3.16. The molecule has 4 rings (SSSR count). The molecule has 0 unspecified atom stereocenters. The molecule has 0 aliphatic heterocycles. The van der Waals surface area contributed by atoms with Gasteiger partial charge in [-0.15, -0.1) is 0 Å². The lowest BCUT2D eigenvalue weighted by Gasteiger charge is -2.11. The van der Waals surface area contributed by atoms with Crippen molar-refractivity contribution in [2.45, 2.75) is 38.1 Å². The molecule has 2 amide bonds. The minimum Gasteiger partial charge on any atom is -0.349 e. The quantitative estimate of drug-likeness (QED) is 0.577. The summed E-state index contributed by atoms with van der Waals surface area (Å²) in [6, 6.07) is 14.4. The van der Waals surface area contributed by atoms with Gasteiger partial charge in [0.15, 0.2) is 0 Å². The number of carbonyl (C=O) groups is 2. The van der Waals surface area contributed by atoms with E-state index in [1.165, 1.54) is 0 Å². The predicted molar refractivity (Wildman–Crippen MR) is 111 cm³/mol. The fraction of sp³-hybridized carbons (Fsp3) is 0.273. The number of carbonyl (C=O) groups excluding carboxylic acids is 2. The first kappa shape index (κ1) is 18.9. The predicted octanol–water partition coefficient (Wildman–Crippen LogP) is 2.78. The summed E-state index contributed by atoms with van der Waals surface area (Å²) >= 11 is 0. The number of aromatic nitrogens is 2. The van der Waals surface area contributed by atoms with Gasteiger partial charge in [-0.05, 0) is 43.5 Å². The molecule has 0 saturated heterocycles. The Hall–Kier alpha value is -3.48. The van der Waals surface area contributed by atoms with E-state index in [1.807, 2.05) is 6.07 Å². The number of hydrogen-bond acceptors (Lipinski definition) is 4. The molecule has 1 aromatic heterocycles. The highest BCUT2D eigenvalue weighted by Crippen LogP contribution is 2.21. The van der Waals surface area contributed by atoms with Crippen molar-refractivity contribution in [2.24, 2.45) is 0 Å². The summed E-state index contributed by atoms with van der Waals surface area (Å²) in [5.41, 5.74) is 1.44. The number of aryl methyl sites for hydroxylation is 1. The van der Waals surface area contributed by atoms with Crippen LogP contribution in [0.3, 0.4) is 0 Å². The van der Waals surface area contributed by atoms with Crippen molar-refractivity contribution in [2.75, 3.05) is 5.32 Å². The van der Waals surface area contributed by atoms with Crippen molar-refractivity contribution in [3.05, 3.63) is 70.3 Å². The van der Waals surface area contributed by atoms with Crippen molar-refractivity contribution in [1.82, 2.24) is 15.3 Å². The Bertz CT molecular complexity index is 1120. The molecule has 1 saturated carbocycles. The van der Waals surface area contributed by atoms with Gasteiger partial charge in [0, 0.05) is 18.9 Å². The Balaban J connectivity index is 1.35. The molecule has 1 aliphatic carbocycles. The molecule has 0 atom stereocenters. The van der Waals surface area contributed by atoms with Gasteiger partial charge in [0.2, 0.25) is 5.91 Å². The van der Waals surface area contributed by atoms with Crippen LogP contribution in [0.5, 0.6) is 0 Å². The van der Waals surface area contributed by atoms with Gasteiger partial charge in [-0.1, -0.05) is 24.3 Å². The highest BCUT2D eigenvalue weighted by molar-refractivity contribution is 6.03. The van der Waals surface area contributed by atoms with Gasteiger partial charge in [-0.25, -0.2) is 4.98 Å². The molecule has 1 heterocycles. The van der Waals surface area contributed by atoms with Gasteiger partial charge >= 0.3 is 0 Å². The molecule has 2 aromatic carbocycles. The number of benzene rings is 2. The fourth-order valence-electron chi connectivity index (χ4n) is 3.16. The second-order valence-electron chi connectivity index (χ2n) is 7.22. The van der Waals surface area contributed by atoms with E-state index in [0.717, 1.165) is 12.8 Å². The van der Waals surface area contributed by atoms with Gasteiger partial charge < -0.3 is 15.6 Å². The zero-order valence-corrected chi connectivity index (χ0v) is 15.9. The molecule has 3 aromatic rings. The smallest absolute Gasteiger partial charge is 0.258 e. The maximum Gasteiger partial charge on any atom is 0.258 e. The zero-order chi connectivity index (χ0) is 20.2. The summed E-state index contributed by atoms with van der Waals surface area (Å²) in [6.45, 7) is 0. The van der Waals surface area contributed by atoms with Crippen LogP contribution in [0, 0.1) is 0 Å². The van der Waals surface area contributed by atoms with E-state index in [2.05, 4.69) is 20.6 Å². The number of anilines is 1. The van der Waals surface area contributed by atoms with Crippen molar-refractivity contribution < 1.29 is 9.59 Å². The van der Waals surface area contributed by atoms with Crippen molar-refractivity contribution in [3.63, 3.8) is 0 Å². The van der Waals surface area contributed by atoms with Crippen LogP contribution in [0.4, 0.5) is 5.69 Å². The number of fused-ring (bicyclic) bond motifs is 1. The minimum absolute atomic E-state index is 0.165. The normalized spacial score (nSPS) is 13.2. The van der Waals surface area contributed by atoms with Gasteiger partial charge in [0.05, 0.1) is 22.2 Å². The van der Waals surface area contributed by atoms with E-state index in [9.17, 15) is 14.4 Å². The van der Waals surface area contributed by atoms with Crippen LogP contribution in [0.2, 0.25) is 0 Å². The van der Waals surface area contributed by atoms with E-state index < -0.39 is 0 Å². The van der Waals surface area contributed by atoms with Gasteiger partial charge in [-0.3, -0.25) is 14.4 Å². The zero-order valence-electron chi connectivity index (χ0n) is 15.9. The van der Waals surface area contributed by atoms with E-state index >= 15 is 0 Å². The Morgan fingerprint density at radius 3 is 2.66 bits per heavy atom. The number of rotatable bonds is 7. The third-order valence-electron chi connectivity index (χ3n) is 4.84. The maximum atomic E-state index is 12.4. The highest BCUT2D eigenvalue weighted by atomic mass is 16.2. The topological polar surface area (TPSA) is 104 Å². The lowest BCUT2D eigenvalue weighted by Crippen LogP contribution is -2.27. The molecule has 29 heavy (non-hydrogen) atoms. The molecule has 7 heteroatoms. The number of para-hydroxylation sites is 2. The van der Waals surface area contributed by atoms with E-state index in [4.69, 9.17) is 0 Å². The number of nitrogens with one attached hydrogen (secondary N) is 3. The lowest BCUT2D eigenvalue weighted by molar-refractivity contribution is -0.116. The molecule has 1 aliphatic rings. The Labute approximate surface area is 167 Å². The summed E-state index contributed by atoms with van der Waals surface area (Å²) in [7, 11) is 0. The molecule has 148 valence electrons. The van der Waals surface area contributed by atoms with Crippen molar-refractivity contribution in [1.29, 1.82) is 0 Å². The third kappa shape index (κ3) is 4.68. The van der Waals surface area contributed by atoms with Crippen molar-refractivity contribution in [3.8, 4) is 0 Å². The maximum absolute atomic E-state index is 12.4. The van der Waals surface area contributed by atoms with Crippen LogP contribution in [-0.2, 0) is 11.2 Å². The second-order valence-corrected chi connectivity index (χ2v) is 7.22. The molecular weight excluding hydrogens is 368 g/mol. The average molecular weight is 390 g/mol. The first-order valence-corrected chi connectivity index (χ1v) is 9.78. The van der Waals surface area contributed by atoms with Crippen LogP contribution in [-0.4, -0.2) is 27.8 Å². The van der Waals surface area contributed by atoms with Gasteiger partial charge in [0.1, 0.15) is 5.82 Å². The SMILES string of the molecule is O=C(CCCc1nc2ccccc2c(=O)[nH]1)Nc1ccccc1C(=O)NC1CC1. The Morgan fingerprint density at radius 2 is 1.83 bits per heavy atom. The number of nitrogens with zero attached hydrogens (tertiary/aromatic N) is 1. The number of amides is 2. The molecule has 0 bridgehead atoms. The second kappa shape index (κ2) is 8.26. The molecule has 1 fully saturated rings. The molecular formula is C22H22N4O3. The first-order chi connectivity index (χ1) is 14.1. The summed E-state index contributed by atoms with van der Waals surface area (Å²) in [5, 5.41) is 6.31.